The van der Waals surface area contributed by atoms with Gasteiger partial charge in [-0.25, -0.2) is 8.42 Å². The Balaban J connectivity index is 1.26. The van der Waals surface area contributed by atoms with E-state index < -0.39 is 10.0 Å². The van der Waals surface area contributed by atoms with Crippen LogP contribution in [0.25, 0.3) is 11.5 Å². The first-order chi connectivity index (χ1) is 16.0. The molecule has 10 heteroatoms. The van der Waals surface area contributed by atoms with Crippen LogP contribution in [-0.4, -0.2) is 54.2 Å². The summed E-state index contributed by atoms with van der Waals surface area (Å²) in [6, 6.07) is 14.5. The fourth-order valence-electron chi connectivity index (χ4n) is 4.23. The minimum Gasteiger partial charge on any atom is -0.411 e. The maximum absolute atomic E-state index is 13.0. The summed E-state index contributed by atoms with van der Waals surface area (Å²) in [5.74, 6) is 0.394. The fourth-order valence-corrected chi connectivity index (χ4v) is 6.43. The average Bonchev–Trinajstić information content (AvgIpc) is 3.51. The number of aromatic nitrogens is 2. The summed E-state index contributed by atoms with van der Waals surface area (Å²) in [6.07, 6.45) is 3.67. The second-order valence-electron chi connectivity index (χ2n) is 8.08. The molecule has 0 radical (unpaired) electrons. The number of hydrogen-bond acceptors (Lipinski definition) is 7. The average molecular weight is 485 g/mol. The van der Waals surface area contributed by atoms with Crippen molar-refractivity contribution < 1.29 is 17.6 Å². The molecule has 1 amide bonds. The molecule has 33 heavy (non-hydrogen) atoms. The summed E-state index contributed by atoms with van der Waals surface area (Å²) in [5.41, 5.74) is 2.67. The number of nitrogens with zero attached hydrogens (tertiary/aromatic N) is 4. The van der Waals surface area contributed by atoms with Crippen molar-refractivity contribution in [1.82, 2.24) is 14.5 Å². The van der Waals surface area contributed by atoms with Gasteiger partial charge in [0.1, 0.15) is 0 Å². The number of hydrogen-bond donors (Lipinski definition) is 0. The molecule has 0 N–H and O–H groups in total. The monoisotopic (exact) mass is 484 g/mol. The molecule has 0 saturated carbocycles. The van der Waals surface area contributed by atoms with E-state index in [1.165, 1.54) is 21.6 Å². The van der Waals surface area contributed by atoms with E-state index in [2.05, 4.69) is 10.2 Å². The van der Waals surface area contributed by atoms with Crippen LogP contribution in [0, 0.1) is 0 Å². The fraction of sp³-hybridized carbons (Fsp3) is 0.348. The minimum absolute atomic E-state index is 0.0145. The van der Waals surface area contributed by atoms with Gasteiger partial charge in [-0.05, 0) is 49.1 Å². The Bertz CT molecular complexity index is 1270. The number of para-hydroxylation sites is 1. The van der Waals surface area contributed by atoms with Crippen LogP contribution in [0.5, 0.6) is 0 Å². The zero-order valence-corrected chi connectivity index (χ0v) is 19.6. The van der Waals surface area contributed by atoms with Gasteiger partial charge in [0.15, 0.2) is 0 Å². The predicted octanol–water partition coefficient (Wildman–Crippen LogP) is 3.59. The molecule has 5 rings (SSSR count). The number of carbonyl (C=O) groups excluding carboxylic acids is 1. The number of thioether (sulfide) groups is 1. The Hall–Kier alpha value is -2.69. The van der Waals surface area contributed by atoms with E-state index in [0.717, 1.165) is 31.4 Å². The van der Waals surface area contributed by atoms with Gasteiger partial charge in [0.05, 0.1) is 10.6 Å². The number of amides is 1. The number of fused-ring (bicyclic) bond motifs is 1. The maximum atomic E-state index is 13.0. The van der Waals surface area contributed by atoms with Crippen molar-refractivity contribution in [2.75, 3.05) is 30.3 Å². The topological polar surface area (TPSA) is 96.6 Å². The molecule has 2 aromatic carbocycles. The van der Waals surface area contributed by atoms with Gasteiger partial charge in [-0.1, -0.05) is 42.4 Å². The number of rotatable bonds is 6. The molecule has 2 aliphatic heterocycles. The van der Waals surface area contributed by atoms with Crippen LogP contribution in [0.4, 0.5) is 5.69 Å². The highest BCUT2D eigenvalue weighted by Crippen LogP contribution is 2.30. The van der Waals surface area contributed by atoms with Crippen LogP contribution < -0.4 is 4.90 Å². The van der Waals surface area contributed by atoms with E-state index in [4.69, 9.17) is 4.42 Å². The molecule has 0 spiro atoms. The van der Waals surface area contributed by atoms with Crippen molar-refractivity contribution in [3.8, 4) is 11.5 Å². The lowest BCUT2D eigenvalue weighted by atomic mass is 10.2. The molecular formula is C23H24N4O4S2. The van der Waals surface area contributed by atoms with E-state index in [1.807, 2.05) is 24.3 Å². The number of benzene rings is 2. The maximum Gasteiger partial charge on any atom is 0.277 e. The van der Waals surface area contributed by atoms with Crippen molar-refractivity contribution in [3.63, 3.8) is 0 Å². The molecule has 0 aliphatic carbocycles. The molecule has 1 aromatic heterocycles. The highest BCUT2D eigenvalue weighted by atomic mass is 32.2. The Morgan fingerprint density at radius 2 is 1.82 bits per heavy atom. The summed E-state index contributed by atoms with van der Waals surface area (Å²) in [6.45, 7) is 1.76. The van der Waals surface area contributed by atoms with Crippen LogP contribution in [0.3, 0.4) is 0 Å². The van der Waals surface area contributed by atoms with Gasteiger partial charge in [-0.3, -0.25) is 4.79 Å². The van der Waals surface area contributed by atoms with E-state index in [0.29, 0.717) is 25.2 Å². The third-order valence-electron chi connectivity index (χ3n) is 5.95. The molecule has 0 unspecified atom stereocenters. The van der Waals surface area contributed by atoms with Crippen LogP contribution in [-0.2, 0) is 21.2 Å². The van der Waals surface area contributed by atoms with E-state index in [1.54, 1.807) is 29.2 Å². The Labute approximate surface area is 197 Å². The van der Waals surface area contributed by atoms with Crippen molar-refractivity contribution in [3.05, 3.63) is 54.1 Å². The van der Waals surface area contributed by atoms with Gasteiger partial charge >= 0.3 is 0 Å². The summed E-state index contributed by atoms with van der Waals surface area (Å²) in [5, 5.41) is 8.37. The first kappa shape index (κ1) is 22.1. The van der Waals surface area contributed by atoms with Gasteiger partial charge in [0, 0.05) is 30.9 Å². The molecule has 3 aromatic rings. The highest BCUT2D eigenvalue weighted by molar-refractivity contribution is 7.99. The Kier molecular flexibility index (Phi) is 6.22. The zero-order valence-electron chi connectivity index (χ0n) is 18.0. The second-order valence-corrected chi connectivity index (χ2v) is 10.9. The van der Waals surface area contributed by atoms with Crippen LogP contribution in [0.1, 0.15) is 24.8 Å². The SMILES string of the molecule is O=C(CSc1nnc(-c2cccc(S(=O)(=O)N3CCCCC3)c2)o1)N1CCc2ccccc21. The van der Waals surface area contributed by atoms with Crippen LogP contribution in [0.15, 0.2) is 63.1 Å². The number of sulfonamides is 1. The second kappa shape index (κ2) is 9.28. The van der Waals surface area contributed by atoms with E-state index in [9.17, 15) is 13.2 Å². The molecular weight excluding hydrogens is 460 g/mol. The molecule has 172 valence electrons. The molecule has 1 saturated heterocycles. The quantitative estimate of drug-likeness (QED) is 0.493. The largest absolute Gasteiger partial charge is 0.411 e. The van der Waals surface area contributed by atoms with Gasteiger partial charge < -0.3 is 9.32 Å². The van der Waals surface area contributed by atoms with Crippen molar-refractivity contribution >= 4 is 33.4 Å². The standard InChI is InChI=1S/C23H24N4O4S2/c28-21(27-14-11-17-7-2-3-10-20(17)27)16-32-23-25-24-22(31-23)18-8-6-9-19(15-18)33(29,30)26-12-4-1-5-13-26/h2-3,6-10,15H,1,4-5,11-14,16H2. The molecule has 2 aliphatic rings. The van der Waals surface area contributed by atoms with Crippen molar-refractivity contribution in [2.45, 2.75) is 35.8 Å². The summed E-state index contributed by atoms with van der Waals surface area (Å²) >= 11 is 1.18. The summed E-state index contributed by atoms with van der Waals surface area (Å²) in [7, 11) is -3.55. The molecule has 1 fully saturated rings. The first-order valence-electron chi connectivity index (χ1n) is 11.0. The lowest BCUT2D eigenvalue weighted by molar-refractivity contribution is -0.116. The number of anilines is 1. The predicted molar refractivity (Wildman–Crippen MR) is 126 cm³/mol. The van der Waals surface area contributed by atoms with Gasteiger partial charge in [-0.15, -0.1) is 10.2 Å². The van der Waals surface area contributed by atoms with Gasteiger partial charge in [0.2, 0.25) is 21.8 Å². The van der Waals surface area contributed by atoms with Crippen molar-refractivity contribution in [2.24, 2.45) is 0 Å². The third-order valence-corrected chi connectivity index (χ3v) is 8.65. The Morgan fingerprint density at radius 1 is 1.00 bits per heavy atom. The summed E-state index contributed by atoms with van der Waals surface area (Å²) < 4.78 is 33.2. The van der Waals surface area contributed by atoms with Crippen molar-refractivity contribution in [1.29, 1.82) is 0 Å². The smallest absolute Gasteiger partial charge is 0.277 e. The van der Waals surface area contributed by atoms with Crippen LogP contribution >= 0.6 is 11.8 Å². The molecule has 0 atom stereocenters. The molecule has 8 nitrogen and oxygen atoms in total. The lowest BCUT2D eigenvalue weighted by Gasteiger charge is -2.25. The van der Waals surface area contributed by atoms with E-state index in [-0.39, 0.29) is 27.7 Å². The number of carbonyl (C=O) groups is 1. The van der Waals surface area contributed by atoms with Gasteiger partial charge in [0.25, 0.3) is 5.22 Å². The molecule has 0 bridgehead atoms. The minimum atomic E-state index is -3.55. The Morgan fingerprint density at radius 3 is 2.67 bits per heavy atom. The third kappa shape index (κ3) is 4.55. The highest BCUT2D eigenvalue weighted by Gasteiger charge is 2.27. The van der Waals surface area contributed by atoms with Crippen LogP contribution in [0.2, 0.25) is 0 Å². The normalized spacial score (nSPS) is 16.7. The summed E-state index contributed by atoms with van der Waals surface area (Å²) in [4.78, 5) is 14.7. The number of piperidine rings is 1. The first-order valence-corrected chi connectivity index (χ1v) is 13.4. The zero-order chi connectivity index (χ0) is 22.8. The molecule has 3 heterocycles. The van der Waals surface area contributed by atoms with E-state index >= 15 is 0 Å². The van der Waals surface area contributed by atoms with Gasteiger partial charge in [-0.2, -0.15) is 4.31 Å². The lowest BCUT2D eigenvalue weighted by Crippen LogP contribution is -2.35.